The molecule has 2 aromatic rings. The number of nitrogens with zero attached hydrogens (tertiary/aromatic N) is 2. The summed E-state index contributed by atoms with van der Waals surface area (Å²) in [7, 11) is 1.76. The molecule has 0 unspecified atom stereocenters. The number of fused-ring (bicyclic) bond motifs is 1. The van der Waals surface area contributed by atoms with Crippen molar-refractivity contribution in [3.05, 3.63) is 57.8 Å². The highest BCUT2D eigenvalue weighted by atomic mass is 16.2. The second kappa shape index (κ2) is 7.73. The summed E-state index contributed by atoms with van der Waals surface area (Å²) >= 11 is 0. The van der Waals surface area contributed by atoms with Crippen LogP contribution in [0.2, 0.25) is 0 Å². The minimum absolute atomic E-state index is 0.0152. The lowest BCUT2D eigenvalue weighted by molar-refractivity contribution is -0.119. The quantitative estimate of drug-likeness (QED) is 0.842. The summed E-state index contributed by atoms with van der Waals surface area (Å²) < 4.78 is 0. The summed E-state index contributed by atoms with van der Waals surface area (Å²) in [6.45, 7) is 4.38. The number of rotatable bonds is 5. The van der Waals surface area contributed by atoms with Crippen molar-refractivity contribution in [3.63, 3.8) is 0 Å². The molecule has 2 heterocycles. The molecule has 1 aliphatic heterocycles. The molecule has 142 valence electrons. The van der Waals surface area contributed by atoms with Gasteiger partial charge in [0.1, 0.15) is 5.69 Å². The molecule has 0 aliphatic carbocycles. The average molecular weight is 368 g/mol. The minimum atomic E-state index is -0.530. The molecule has 1 aliphatic rings. The van der Waals surface area contributed by atoms with Crippen molar-refractivity contribution in [2.75, 3.05) is 18.5 Å². The van der Waals surface area contributed by atoms with Gasteiger partial charge in [-0.3, -0.25) is 9.59 Å². The number of amides is 2. The Morgan fingerprint density at radius 3 is 2.81 bits per heavy atom. The Kier molecular flexibility index (Phi) is 5.39. The first-order chi connectivity index (χ1) is 12.8. The fraction of sp³-hybridized carbons (Fsp3) is 0.400. The predicted octanol–water partition coefficient (Wildman–Crippen LogP) is 1.85. The maximum absolute atomic E-state index is 12.5. The van der Waals surface area contributed by atoms with Crippen LogP contribution in [-0.4, -0.2) is 35.4 Å². The molecular formula is C20H24N4O3. The highest BCUT2D eigenvalue weighted by Gasteiger charge is 2.29. The first-order valence-electron chi connectivity index (χ1n) is 9.09. The van der Waals surface area contributed by atoms with Gasteiger partial charge in [0.25, 0.3) is 5.91 Å². The van der Waals surface area contributed by atoms with Crippen molar-refractivity contribution < 1.29 is 9.59 Å². The van der Waals surface area contributed by atoms with Gasteiger partial charge < -0.3 is 15.2 Å². The molecule has 0 fully saturated rings. The molecule has 27 heavy (non-hydrogen) atoms. The number of aromatic nitrogens is 2. The number of benzene rings is 1. The molecule has 3 rings (SSSR count). The SMILES string of the molecule is CC(C)Cc1cc(C(=O)NC[C@@H]2CC(=O)N(C)c3ccccc32)nc(=O)[nH]1. The molecule has 1 aromatic heterocycles. The predicted molar refractivity (Wildman–Crippen MR) is 103 cm³/mol. The molecule has 1 atom stereocenters. The van der Waals surface area contributed by atoms with E-state index in [-0.39, 0.29) is 17.5 Å². The first kappa shape index (κ1) is 18.8. The number of hydrogen-bond donors (Lipinski definition) is 2. The van der Waals surface area contributed by atoms with E-state index < -0.39 is 11.6 Å². The van der Waals surface area contributed by atoms with Crippen molar-refractivity contribution in [3.8, 4) is 0 Å². The van der Waals surface area contributed by atoms with Crippen LogP contribution in [0.15, 0.2) is 35.1 Å². The van der Waals surface area contributed by atoms with Gasteiger partial charge in [-0.25, -0.2) is 4.79 Å². The van der Waals surface area contributed by atoms with E-state index in [0.29, 0.717) is 31.0 Å². The van der Waals surface area contributed by atoms with Gasteiger partial charge in [0.15, 0.2) is 0 Å². The third-order valence-electron chi connectivity index (χ3n) is 4.70. The van der Waals surface area contributed by atoms with Crippen molar-refractivity contribution in [1.29, 1.82) is 0 Å². The van der Waals surface area contributed by atoms with Gasteiger partial charge in [0.2, 0.25) is 5.91 Å². The molecule has 2 amide bonds. The second-order valence-corrected chi connectivity index (χ2v) is 7.32. The minimum Gasteiger partial charge on any atom is -0.350 e. The molecule has 0 saturated carbocycles. The molecule has 7 nitrogen and oxygen atoms in total. The van der Waals surface area contributed by atoms with Crippen molar-refractivity contribution >= 4 is 17.5 Å². The Morgan fingerprint density at radius 1 is 1.33 bits per heavy atom. The number of hydrogen-bond acceptors (Lipinski definition) is 4. The number of carbonyl (C=O) groups is 2. The molecule has 0 saturated heterocycles. The van der Waals surface area contributed by atoms with E-state index in [4.69, 9.17) is 0 Å². The van der Waals surface area contributed by atoms with E-state index in [1.54, 1.807) is 18.0 Å². The summed E-state index contributed by atoms with van der Waals surface area (Å²) in [4.78, 5) is 44.6. The Morgan fingerprint density at radius 2 is 2.07 bits per heavy atom. The van der Waals surface area contributed by atoms with E-state index >= 15 is 0 Å². The van der Waals surface area contributed by atoms with Crippen molar-refractivity contribution in [2.45, 2.75) is 32.6 Å². The lowest BCUT2D eigenvalue weighted by atomic mass is 9.89. The Balaban J connectivity index is 1.75. The fourth-order valence-electron chi connectivity index (χ4n) is 3.39. The lowest BCUT2D eigenvalue weighted by Crippen LogP contribution is -2.38. The number of para-hydroxylation sites is 1. The van der Waals surface area contributed by atoms with Crippen LogP contribution in [0, 0.1) is 5.92 Å². The van der Waals surface area contributed by atoms with E-state index in [1.165, 1.54) is 0 Å². The monoisotopic (exact) mass is 368 g/mol. The van der Waals surface area contributed by atoms with Crippen LogP contribution in [0.1, 0.15) is 47.9 Å². The lowest BCUT2D eigenvalue weighted by Gasteiger charge is -2.31. The average Bonchev–Trinajstić information content (AvgIpc) is 2.62. The summed E-state index contributed by atoms with van der Waals surface area (Å²) in [6, 6.07) is 9.30. The maximum Gasteiger partial charge on any atom is 0.345 e. The molecule has 7 heteroatoms. The maximum atomic E-state index is 12.5. The molecule has 0 radical (unpaired) electrons. The molecule has 0 bridgehead atoms. The summed E-state index contributed by atoms with van der Waals surface area (Å²) in [5.74, 6) is -0.150. The van der Waals surface area contributed by atoms with Gasteiger partial charge >= 0.3 is 5.69 Å². The third-order valence-corrected chi connectivity index (χ3v) is 4.70. The molecule has 1 aromatic carbocycles. The zero-order chi connectivity index (χ0) is 19.6. The van der Waals surface area contributed by atoms with Gasteiger partial charge in [0, 0.05) is 37.3 Å². The van der Waals surface area contributed by atoms with Crippen LogP contribution in [0.3, 0.4) is 0 Å². The van der Waals surface area contributed by atoms with Crippen LogP contribution in [-0.2, 0) is 11.2 Å². The highest BCUT2D eigenvalue weighted by Crippen LogP contribution is 2.34. The Hall–Kier alpha value is -2.96. The van der Waals surface area contributed by atoms with E-state index in [2.05, 4.69) is 15.3 Å². The van der Waals surface area contributed by atoms with Crippen LogP contribution in [0.5, 0.6) is 0 Å². The molecular weight excluding hydrogens is 344 g/mol. The van der Waals surface area contributed by atoms with Crippen LogP contribution in [0.25, 0.3) is 0 Å². The summed E-state index contributed by atoms with van der Waals surface area (Å²) in [6.07, 6.45) is 0.990. The zero-order valence-electron chi connectivity index (χ0n) is 15.8. The van der Waals surface area contributed by atoms with Gasteiger partial charge in [-0.15, -0.1) is 0 Å². The van der Waals surface area contributed by atoms with Crippen LogP contribution in [0.4, 0.5) is 5.69 Å². The van der Waals surface area contributed by atoms with Gasteiger partial charge in [-0.2, -0.15) is 4.98 Å². The number of aromatic amines is 1. The van der Waals surface area contributed by atoms with E-state index in [0.717, 1.165) is 11.3 Å². The molecule has 2 N–H and O–H groups in total. The standard InChI is InChI=1S/C20H24N4O3/c1-12(2)8-14-10-16(23-20(27)22-14)19(26)21-11-13-9-18(25)24(3)17-7-5-4-6-15(13)17/h4-7,10,12-13H,8-9,11H2,1-3H3,(H,21,26)(H,22,23,27)/t13-/m0/s1. The number of carbonyl (C=O) groups excluding carboxylic acids is 2. The van der Waals surface area contributed by atoms with Crippen LogP contribution < -0.4 is 15.9 Å². The van der Waals surface area contributed by atoms with Gasteiger partial charge in [-0.05, 0) is 30.0 Å². The number of nitrogens with one attached hydrogen (secondary N) is 2. The number of H-pyrrole nitrogens is 1. The third kappa shape index (κ3) is 4.24. The van der Waals surface area contributed by atoms with Crippen molar-refractivity contribution in [2.24, 2.45) is 5.92 Å². The number of anilines is 1. The van der Waals surface area contributed by atoms with Gasteiger partial charge in [-0.1, -0.05) is 32.0 Å². The Bertz CT molecular complexity index is 919. The zero-order valence-corrected chi connectivity index (χ0v) is 15.8. The Labute approximate surface area is 157 Å². The molecule has 0 spiro atoms. The smallest absolute Gasteiger partial charge is 0.345 e. The van der Waals surface area contributed by atoms with Crippen molar-refractivity contribution in [1.82, 2.24) is 15.3 Å². The highest BCUT2D eigenvalue weighted by molar-refractivity contribution is 5.97. The summed E-state index contributed by atoms with van der Waals surface area (Å²) in [5.41, 5.74) is 2.15. The van der Waals surface area contributed by atoms with Crippen LogP contribution >= 0.6 is 0 Å². The first-order valence-corrected chi connectivity index (χ1v) is 9.09. The van der Waals surface area contributed by atoms with Gasteiger partial charge in [0.05, 0.1) is 0 Å². The normalized spacial score (nSPS) is 16.4. The largest absolute Gasteiger partial charge is 0.350 e. The van der Waals surface area contributed by atoms with E-state index in [9.17, 15) is 14.4 Å². The topological polar surface area (TPSA) is 95.2 Å². The summed E-state index contributed by atoms with van der Waals surface area (Å²) in [5, 5.41) is 2.83. The fourth-order valence-corrected chi connectivity index (χ4v) is 3.39. The van der Waals surface area contributed by atoms with E-state index in [1.807, 2.05) is 38.1 Å². The second-order valence-electron chi connectivity index (χ2n) is 7.32.